The lowest BCUT2D eigenvalue weighted by atomic mass is 9.77. The number of hydrogen-bond donors (Lipinski definition) is 0. The van der Waals surface area contributed by atoms with E-state index in [0.717, 1.165) is 29.3 Å². The normalized spacial score (nSPS) is 15.0. The van der Waals surface area contributed by atoms with Crippen LogP contribution in [0.2, 0.25) is 10.0 Å². The van der Waals surface area contributed by atoms with Crippen LogP contribution in [-0.2, 0) is 19.3 Å². The second-order valence-electron chi connectivity index (χ2n) is 9.50. The Hall–Kier alpha value is -0.980. The summed E-state index contributed by atoms with van der Waals surface area (Å²) >= 11 is 12.6. The van der Waals surface area contributed by atoms with Crippen LogP contribution in [0.25, 0.3) is 0 Å². The first-order valence-electron chi connectivity index (χ1n) is 11.2. The summed E-state index contributed by atoms with van der Waals surface area (Å²) in [6, 6.07) is 15.1. The van der Waals surface area contributed by atoms with Gasteiger partial charge in [0.05, 0.1) is 0 Å². The van der Waals surface area contributed by atoms with Gasteiger partial charge < -0.3 is 0 Å². The van der Waals surface area contributed by atoms with Crippen LogP contribution in [0.1, 0.15) is 64.7 Å². The molecule has 0 aliphatic carbocycles. The topological polar surface area (TPSA) is 0 Å². The third-order valence-corrected chi connectivity index (χ3v) is 6.98. The second kappa shape index (κ2) is 11.4. The molecule has 0 spiro atoms. The van der Waals surface area contributed by atoms with Gasteiger partial charge in [0.2, 0.25) is 0 Å². The lowest BCUT2D eigenvalue weighted by Crippen LogP contribution is -2.22. The monoisotopic (exact) mass is 432 g/mol. The molecular weight excluding hydrogens is 395 g/mol. The van der Waals surface area contributed by atoms with Gasteiger partial charge >= 0.3 is 0 Å². The van der Waals surface area contributed by atoms with Crippen molar-refractivity contribution in [2.45, 2.75) is 67.2 Å². The van der Waals surface area contributed by atoms with E-state index in [1.54, 1.807) is 0 Å². The summed E-state index contributed by atoms with van der Waals surface area (Å²) < 4.78 is 0. The first-order chi connectivity index (χ1) is 13.7. The Morgan fingerprint density at radius 1 is 0.655 bits per heavy atom. The molecule has 2 aromatic rings. The Kier molecular flexibility index (Phi) is 9.57. The average molecular weight is 434 g/mol. The molecule has 0 bridgehead atoms. The van der Waals surface area contributed by atoms with Gasteiger partial charge in [-0.3, -0.25) is 0 Å². The highest BCUT2D eigenvalue weighted by Crippen LogP contribution is 2.30. The fourth-order valence-electron chi connectivity index (χ4n) is 4.62. The Bertz CT molecular complexity index is 746. The highest BCUT2D eigenvalue weighted by molar-refractivity contribution is 6.30. The van der Waals surface area contributed by atoms with Gasteiger partial charge in [-0.2, -0.15) is 0 Å². The Morgan fingerprint density at radius 3 is 1.76 bits per heavy atom. The summed E-state index contributed by atoms with van der Waals surface area (Å²) in [6.45, 7) is 14.0. The third kappa shape index (κ3) is 7.65. The van der Waals surface area contributed by atoms with Crippen LogP contribution in [0.5, 0.6) is 0 Å². The summed E-state index contributed by atoms with van der Waals surface area (Å²) in [7, 11) is 0. The van der Waals surface area contributed by atoms with Crippen molar-refractivity contribution >= 4 is 23.2 Å². The van der Waals surface area contributed by atoms with Gasteiger partial charge in [0.1, 0.15) is 0 Å². The van der Waals surface area contributed by atoms with Gasteiger partial charge in [-0.25, -0.2) is 0 Å². The molecule has 0 fully saturated rings. The zero-order valence-electron chi connectivity index (χ0n) is 19.0. The number of hydrogen-bond acceptors (Lipinski definition) is 0. The van der Waals surface area contributed by atoms with Crippen molar-refractivity contribution in [1.82, 2.24) is 0 Å². The van der Waals surface area contributed by atoms with Crippen LogP contribution < -0.4 is 0 Å². The fraction of sp³-hybridized carbons (Fsp3) is 0.556. The summed E-state index contributed by atoms with van der Waals surface area (Å²) in [6.07, 6.45) is 4.50. The lowest BCUT2D eigenvalue weighted by molar-refractivity contribution is 0.267. The van der Waals surface area contributed by atoms with Gasteiger partial charge in [0.25, 0.3) is 0 Å². The van der Waals surface area contributed by atoms with E-state index in [2.05, 4.69) is 71.9 Å². The third-order valence-electron chi connectivity index (χ3n) is 6.51. The molecule has 0 saturated heterocycles. The molecule has 0 aromatic heterocycles. The zero-order chi connectivity index (χ0) is 21.6. The predicted octanol–water partition coefficient (Wildman–Crippen LogP) is 8.91. The molecule has 0 aliphatic heterocycles. The molecule has 3 atom stereocenters. The van der Waals surface area contributed by atoms with Gasteiger partial charge in [-0.05, 0) is 89.8 Å². The van der Waals surface area contributed by atoms with Crippen molar-refractivity contribution in [3.05, 3.63) is 69.2 Å². The molecule has 29 heavy (non-hydrogen) atoms. The van der Waals surface area contributed by atoms with Crippen molar-refractivity contribution in [1.29, 1.82) is 0 Å². The van der Waals surface area contributed by atoms with Crippen molar-refractivity contribution in [3.63, 3.8) is 0 Å². The van der Waals surface area contributed by atoms with E-state index in [0.29, 0.717) is 29.6 Å². The molecular formula is C27H38Cl2. The van der Waals surface area contributed by atoms with E-state index >= 15 is 0 Å². The van der Waals surface area contributed by atoms with Crippen LogP contribution >= 0.6 is 23.2 Å². The molecule has 0 aliphatic rings. The molecule has 0 N–H and O–H groups in total. The minimum atomic E-state index is 0.587. The van der Waals surface area contributed by atoms with Crippen LogP contribution in [0, 0.1) is 29.6 Å². The van der Waals surface area contributed by atoms with Crippen LogP contribution in [-0.4, -0.2) is 0 Å². The summed E-state index contributed by atoms with van der Waals surface area (Å²) in [5, 5.41) is 1.68. The van der Waals surface area contributed by atoms with E-state index in [9.17, 15) is 0 Å². The molecule has 0 heterocycles. The van der Waals surface area contributed by atoms with E-state index in [4.69, 9.17) is 23.2 Å². The minimum Gasteiger partial charge on any atom is -0.0843 e. The van der Waals surface area contributed by atoms with E-state index in [1.807, 2.05) is 12.1 Å². The smallest absolute Gasteiger partial charge is 0.0411 e. The molecule has 0 nitrogen and oxygen atoms in total. The highest BCUT2D eigenvalue weighted by Gasteiger charge is 2.22. The average Bonchev–Trinajstić information content (AvgIpc) is 2.64. The van der Waals surface area contributed by atoms with E-state index in [-0.39, 0.29) is 0 Å². The maximum absolute atomic E-state index is 6.51. The second-order valence-corrected chi connectivity index (χ2v) is 10.4. The molecule has 2 rings (SSSR count). The van der Waals surface area contributed by atoms with Crippen LogP contribution in [0.15, 0.2) is 42.5 Å². The quantitative estimate of drug-likeness (QED) is 0.351. The van der Waals surface area contributed by atoms with Crippen LogP contribution in [0.3, 0.4) is 0 Å². The first-order valence-corrected chi connectivity index (χ1v) is 12.0. The number of halogens is 2. The van der Waals surface area contributed by atoms with E-state index < -0.39 is 0 Å². The molecule has 0 amide bonds. The summed E-state index contributed by atoms with van der Waals surface area (Å²) in [4.78, 5) is 0. The van der Waals surface area contributed by atoms with Crippen molar-refractivity contribution in [2.24, 2.45) is 29.6 Å². The van der Waals surface area contributed by atoms with Gasteiger partial charge in [0, 0.05) is 10.0 Å². The van der Waals surface area contributed by atoms with Crippen molar-refractivity contribution in [2.75, 3.05) is 0 Å². The molecule has 2 heteroatoms. The lowest BCUT2D eigenvalue weighted by Gasteiger charge is -2.28. The van der Waals surface area contributed by atoms with Gasteiger partial charge in [0.15, 0.2) is 0 Å². The predicted molar refractivity (Wildman–Crippen MR) is 130 cm³/mol. The molecule has 160 valence electrons. The Labute approximate surface area is 189 Å². The molecule has 0 radical (unpaired) electrons. The van der Waals surface area contributed by atoms with Gasteiger partial charge in [-0.15, -0.1) is 0 Å². The fourth-order valence-corrected chi connectivity index (χ4v) is 5.02. The van der Waals surface area contributed by atoms with E-state index in [1.165, 1.54) is 23.1 Å². The summed E-state index contributed by atoms with van der Waals surface area (Å²) in [5.74, 6) is 3.25. The Balaban J connectivity index is 2.14. The first kappa shape index (κ1) is 24.3. The van der Waals surface area contributed by atoms with Crippen LogP contribution in [0.4, 0.5) is 0 Å². The SMILES string of the molecule is CCC(Cc1cc(Cl)cc(CC(C)C(Cc2ccc(Cl)cc2)C(C)C)c1)C(C)C. The molecule has 3 unspecified atom stereocenters. The molecule has 0 saturated carbocycles. The number of rotatable bonds is 10. The molecule has 2 aromatic carbocycles. The summed E-state index contributed by atoms with van der Waals surface area (Å²) in [5.41, 5.74) is 4.13. The zero-order valence-corrected chi connectivity index (χ0v) is 20.5. The Morgan fingerprint density at radius 2 is 1.24 bits per heavy atom. The maximum atomic E-state index is 6.51. The standard InChI is InChI=1S/C27H38Cl2/c1-7-24(18(2)3)14-23-13-22(15-26(29)16-23)12-20(6)27(19(4)5)17-21-8-10-25(28)11-9-21/h8-11,13,15-16,18-20,24,27H,7,12,14,17H2,1-6H3. The number of benzene rings is 2. The van der Waals surface area contributed by atoms with Crippen molar-refractivity contribution in [3.8, 4) is 0 Å². The largest absolute Gasteiger partial charge is 0.0843 e. The maximum Gasteiger partial charge on any atom is 0.0411 e. The van der Waals surface area contributed by atoms with Gasteiger partial charge in [-0.1, -0.05) is 89.4 Å². The highest BCUT2D eigenvalue weighted by atomic mass is 35.5. The minimum absolute atomic E-state index is 0.587. The van der Waals surface area contributed by atoms with Crippen molar-refractivity contribution < 1.29 is 0 Å².